The van der Waals surface area contributed by atoms with Crippen LogP contribution in [0.25, 0.3) is 21.8 Å². The van der Waals surface area contributed by atoms with E-state index >= 15 is 0 Å². The van der Waals surface area contributed by atoms with Crippen LogP contribution in [0.3, 0.4) is 0 Å². The van der Waals surface area contributed by atoms with Crippen molar-refractivity contribution in [1.29, 1.82) is 0 Å². The number of anilines is 1. The van der Waals surface area contributed by atoms with E-state index in [1.54, 1.807) is 6.20 Å². The maximum atomic E-state index is 12.5. The number of hydrogen-bond acceptors (Lipinski definition) is 5. The molecule has 1 aliphatic rings. The lowest BCUT2D eigenvalue weighted by molar-refractivity contribution is -0.119. The Balaban J connectivity index is 1.31. The molecule has 0 spiro atoms. The number of hydrogen-bond donors (Lipinski definition) is 2. The van der Waals surface area contributed by atoms with Crippen LogP contribution >= 0.6 is 0 Å². The maximum absolute atomic E-state index is 12.5. The number of fused-ring (bicyclic) bond motifs is 3. The summed E-state index contributed by atoms with van der Waals surface area (Å²) in [6.07, 6.45) is 3.15. The zero-order valence-electron chi connectivity index (χ0n) is 17.2. The van der Waals surface area contributed by atoms with Gasteiger partial charge in [0.25, 0.3) is 5.56 Å². The first-order valence-electron chi connectivity index (χ1n) is 10.6. The van der Waals surface area contributed by atoms with E-state index in [1.807, 2.05) is 60.7 Å². The van der Waals surface area contributed by atoms with Crippen molar-refractivity contribution in [1.82, 2.24) is 14.9 Å². The second kappa shape index (κ2) is 8.32. The van der Waals surface area contributed by atoms with E-state index in [1.165, 1.54) is 0 Å². The standard InChI is InChI=1S/C25H24N4O2/c30-19(14-17-6-2-1-3-7-17)16-29-13-11-18(15-29)27-22-10-12-26-24-23(22)20-8-4-5-9-21(20)25(31)28-24/h1-10,12,18H,11,13-16H2,(H2,26,27,28,31). The summed E-state index contributed by atoms with van der Waals surface area (Å²) in [5, 5.41) is 6.11. The molecule has 2 N–H and O–H groups in total. The van der Waals surface area contributed by atoms with Gasteiger partial charge in [-0.25, -0.2) is 4.98 Å². The van der Waals surface area contributed by atoms with Crippen LogP contribution in [0.2, 0.25) is 0 Å². The topological polar surface area (TPSA) is 78.1 Å². The average Bonchev–Trinajstić information content (AvgIpc) is 3.21. The molecule has 1 fully saturated rings. The fourth-order valence-corrected chi connectivity index (χ4v) is 4.47. The smallest absolute Gasteiger partial charge is 0.257 e. The second-order valence-corrected chi connectivity index (χ2v) is 8.15. The SMILES string of the molecule is O=C(Cc1ccccc1)CN1CCC(Nc2ccnc3[nH]c(=O)c4ccccc4c23)C1. The Bertz CT molecular complexity index is 1300. The molecule has 6 heteroatoms. The molecule has 0 saturated carbocycles. The van der Waals surface area contributed by atoms with Crippen LogP contribution in [-0.2, 0) is 11.2 Å². The molecule has 0 bridgehead atoms. The molecule has 1 atom stereocenters. The number of pyridine rings is 2. The van der Waals surface area contributed by atoms with Crippen LogP contribution < -0.4 is 10.9 Å². The number of rotatable bonds is 6. The summed E-state index contributed by atoms with van der Waals surface area (Å²) in [5.41, 5.74) is 2.48. The molecule has 6 nitrogen and oxygen atoms in total. The quantitative estimate of drug-likeness (QED) is 0.475. The van der Waals surface area contributed by atoms with E-state index in [4.69, 9.17) is 0 Å². The first kappa shape index (κ1) is 19.5. The monoisotopic (exact) mass is 412 g/mol. The van der Waals surface area contributed by atoms with Crippen molar-refractivity contribution in [2.45, 2.75) is 18.9 Å². The largest absolute Gasteiger partial charge is 0.380 e. The van der Waals surface area contributed by atoms with Gasteiger partial charge in [0.15, 0.2) is 5.78 Å². The number of ketones is 1. The van der Waals surface area contributed by atoms with Crippen molar-refractivity contribution in [3.05, 3.63) is 82.8 Å². The minimum absolute atomic E-state index is 0.128. The van der Waals surface area contributed by atoms with Crippen molar-refractivity contribution >= 4 is 33.3 Å². The average molecular weight is 412 g/mol. The number of likely N-dealkylation sites (tertiary alicyclic amines) is 1. The van der Waals surface area contributed by atoms with E-state index in [2.05, 4.69) is 20.2 Å². The van der Waals surface area contributed by atoms with Gasteiger partial charge in [0.05, 0.1) is 6.54 Å². The normalized spacial score (nSPS) is 16.7. The lowest BCUT2D eigenvalue weighted by Gasteiger charge is -2.18. The highest BCUT2D eigenvalue weighted by atomic mass is 16.1. The van der Waals surface area contributed by atoms with E-state index in [0.29, 0.717) is 24.0 Å². The fourth-order valence-electron chi connectivity index (χ4n) is 4.47. The zero-order valence-corrected chi connectivity index (χ0v) is 17.2. The lowest BCUT2D eigenvalue weighted by atomic mass is 10.1. The highest BCUT2D eigenvalue weighted by Gasteiger charge is 2.24. The summed E-state index contributed by atoms with van der Waals surface area (Å²) in [7, 11) is 0. The summed E-state index contributed by atoms with van der Waals surface area (Å²) in [6, 6.07) is 19.7. The van der Waals surface area contributed by atoms with Crippen LogP contribution in [-0.4, -0.2) is 46.3 Å². The number of nitrogens with one attached hydrogen (secondary N) is 2. The zero-order chi connectivity index (χ0) is 21.2. The van der Waals surface area contributed by atoms with E-state index in [0.717, 1.165) is 41.5 Å². The van der Waals surface area contributed by atoms with Crippen molar-refractivity contribution in [2.75, 3.05) is 25.0 Å². The molecule has 156 valence electrons. The minimum atomic E-state index is -0.128. The van der Waals surface area contributed by atoms with Gasteiger partial charge >= 0.3 is 0 Å². The van der Waals surface area contributed by atoms with Gasteiger partial charge in [-0.15, -0.1) is 0 Å². The van der Waals surface area contributed by atoms with Gasteiger partial charge in [-0.05, 0) is 24.1 Å². The summed E-state index contributed by atoms with van der Waals surface area (Å²) >= 11 is 0. The van der Waals surface area contributed by atoms with Crippen molar-refractivity contribution in [3.63, 3.8) is 0 Å². The van der Waals surface area contributed by atoms with Crippen molar-refractivity contribution < 1.29 is 4.79 Å². The highest BCUT2D eigenvalue weighted by Crippen LogP contribution is 2.28. The van der Waals surface area contributed by atoms with Crippen LogP contribution in [0.5, 0.6) is 0 Å². The molecular formula is C25H24N4O2. The number of H-pyrrole nitrogens is 1. The number of aromatic amines is 1. The Hall–Kier alpha value is -3.51. The Kier molecular flexibility index (Phi) is 5.22. The summed E-state index contributed by atoms with van der Waals surface area (Å²) in [5.74, 6) is 0.241. The first-order chi connectivity index (χ1) is 15.2. The maximum Gasteiger partial charge on any atom is 0.257 e. The molecule has 31 heavy (non-hydrogen) atoms. The third-order valence-corrected chi connectivity index (χ3v) is 5.90. The number of nitrogens with zero attached hydrogens (tertiary/aromatic N) is 2. The predicted molar refractivity (Wildman–Crippen MR) is 123 cm³/mol. The van der Waals surface area contributed by atoms with E-state index in [-0.39, 0.29) is 17.4 Å². The molecule has 3 heterocycles. The van der Waals surface area contributed by atoms with Gasteiger partial charge in [0.1, 0.15) is 5.65 Å². The van der Waals surface area contributed by atoms with Gasteiger partial charge in [0, 0.05) is 53.6 Å². The van der Waals surface area contributed by atoms with Gasteiger partial charge < -0.3 is 10.3 Å². The van der Waals surface area contributed by atoms with Crippen LogP contribution in [0.4, 0.5) is 5.69 Å². The molecular weight excluding hydrogens is 388 g/mol. The molecule has 1 aliphatic heterocycles. The van der Waals surface area contributed by atoms with Gasteiger partial charge in [0.2, 0.25) is 0 Å². The predicted octanol–water partition coefficient (Wildman–Crippen LogP) is 3.37. The molecule has 0 amide bonds. The number of carbonyl (C=O) groups is 1. The number of benzene rings is 2. The summed E-state index contributed by atoms with van der Waals surface area (Å²) < 4.78 is 0. The molecule has 5 rings (SSSR count). The highest BCUT2D eigenvalue weighted by molar-refractivity contribution is 6.10. The van der Waals surface area contributed by atoms with Crippen molar-refractivity contribution in [2.24, 2.45) is 0 Å². The molecule has 0 radical (unpaired) electrons. The van der Waals surface area contributed by atoms with Crippen LogP contribution in [0.15, 0.2) is 71.7 Å². The van der Waals surface area contributed by atoms with Gasteiger partial charge in [-0.2, -0.15) is 0 Å². The molecule has 2 aromatic heterocycles. The molecule has 1 unspecified atom stereocenters. The fraction of sp³-hybridized carbons (Fsp3) is 0.240. The summed E-state index contributed by atoms with van der Waals surface area (Å²) in [4.78, 5) is 34.3. The molecule has 1 saturated heterocycles. The Morgan fingerprint density at radius 1 is 1.06 bits per heavy atom. The van der Waals surface area contributed by atoms with E-state index < -0.39 is 0 Å². The lowest BCUT2D eigenvalue weighted by Crippen LogP contribution is -2.31. The number of aromatic nitrogens is 2. The molecule has 0 aliphatic carbocycles. The molecule has 4 aromatic rings. The number of carbonyl (C=O) groups excluding carboxylic acids is 1. The van der Waals surface area contributed by atoms with Crippen molar-refractivity contribution in [3.8, 4) is 0 Å². The number of Topliss-reactive ketones (excluding diaryl/α,β-unsaturated/α-hetero) is 1. The Morgan fingerprint density at radius 2 is 1.84 bits per heavy atom. The van der Waals surface area contributed by atoms with Crippen LogP contribution in [0, 0.1) is 0 Å². The molecule has 2 aromatic carbocycles. The first-order valence-corrected chi connectivity index (χ1v) is 10.6. The van der Waals surface area contributed by atoms with Gasteiger partial charge in [-0.1, -0.05) is 48.5 Å². The van der Waals surface area contributed by atoms with Gasteiger partial charge in [-0.3, -0.25) is 14.5 Å². The van der Waals surface area contributed by atoms with E-state index in [9.17, 15) is 9.59 Å². The summed E-state index contributed by atoms with van der Waals surface area (Å²) in [6.45, 7) is 2.17. The Morgan fingerprint density at radius 3 is 2.68 bits per heavy atom. The second-order valence-electron chi connectivity index (χ2n) is 8.15. The third-order valence-electron chi connectivity index (χ3n) is 5.90. The third kappa shape index (κ3) is 4.07. The van der Waals surface area contributed by atoms with Crippen LogP contribution in [0.1, 0.15) is 12.0 Å². The Labute approximate surface area is 179 Å². The minimum Gasteiger partial charge on any atom is -0.380 e.